The van der Waals surface area contributed by atoms with Gasteiger partial charge in [-0.2, -0.15) is 0 Å². The van der Waals surface area contributed by atoms with Gasteiger partial charge in [-0.05, 0) is 12.1 Å². The Bertz CT molecular complexity index is 429. The van der Waals surface area contributed by atoms with Gasteiger partial charge in [-0.3, -0.25) is 5.01 Å². The number of hydrogen-bond donors (Lipinski definition) is 1. The standard InChI is InChI=1S/C10H12N4O3/c15-10(16)9-7-8(1-2-11-9)13-3-5-14(12-17)6-4-13/h1-2,7H,3-6H2,(H,15,16). The number of carbonyl (C=O) groups is 1. The van der Waals surface area contributed by atoms with Crippen LogP contribution >= 0.6 is 0 Å². The topological polar surface area (TPSA) is 86.1 Å². The second kappa shape index (κ2) is 4.77. The molecule has 7 nitrogen and oxygen atoms in total. The van der Waals surface area contributed by atoms with Crippen molar-refractivity contribution in [1.29, 1.82) is 0 Å². The summed E-state index contributed by atoms with van der Waals surface area (Å²) in [5.41, 5.74) is 0.835. The first-order valence-electron chi connectivity index (χ1n) is 5.23. The summed E-state index contributed by atoms with van der Waals surface area (Å²) in [6.07, 6.45) is 1.48. The van der Waals surface area contributed by atoms with Gasteiger partial charge < -0.3 is 10.0 Å². The van der Waals surface area contributed by atoms with Gasteiger partial charge in [0, 0.05) is 25.0 Å². The number of hydrogen-bond acceptors (Lipinski definition) is 5. The summed E-state index contributed by atoms with van der Waals surface area (Å²) in [7, 11) is 0. The predicted molar refractivity (Wildman–Crippen MR) is 60.8 cm³/mol. The maximum atomic E-state index is 10.8. The number of pyridine rings is 1. The Hall–Kier alpha value is -2.18. The molecule has 0 bridgehead atoms. The van der Waals surface area contributed by atoms with Crippen molar-refractivity contribution in [3.05, 3.63) is 28.9 Å². The maximum absolute atomic E-state index is 10.8. The highest BCUT2D eigenvalue weighted by Gasteiger charge is 2.17. The van der Waals surface area contributed by atoms with Crippen LogP contribution in [0.25, 0.3) is 0 Å². The van der Waals surface area contributed by atoms with Gasteiger partial charge in [0.25, 0.3) is 0 Å². The van der Waals surface area contributed by atoms with E-state index >= 15 is 0 Å². The highest BCUT2D eigenvalue weighted by molar-refractivity contribution is 5.86. The number of carboxylic acid groups (broad SMARTS) is 1. The number of rotatable bonds is 3. The molecule has 1 aliphatic heterocycles. The zero-order valence-corrected chi connectivity index (χ0v) is 9.11. The molecule has 0 saturated carbocycles. The van der Waals surface area contributed by atoms with Crippen molar-refractivity contribution in [1.82, 2.24) is 9.99 Å². The van der Waals surface area contributed by atoms with E-state index in [1.54, 1.807) is 6.07 Å². The van der Waals surface area contributed by atoms with Crippen LogP contribution < -0.4 is 4.90 Å². The first kappa shape index (κ1) is 11.3. The van der Waals surface area contributed by atoms with Crippen molar-refractivity contribution in [2.24, 2.45) is 5.29 Å². The van der Waals surface area contributed by atoms with Gasteiger partial charge in [-0.1, -0.05) is 0 Å². The second-order valence-electron chi connectivity index (χ2n) is 3.73. The Kier molecular flexibility index (Phi) is 3.17. The fourth-order valence-electron chi connectivity index (χ4n) is 1.77. The minimum Gasteiger partial charge on any atom is -0.477 e. The van der Waals surface area contributed by atoms with Crippen LogP contribution in [0.15, 0.2) is 23.6 Å². The molecule has 1 saturated heterocycles. The summed E-state index contributed by atoms with van der Waals surface area (Å²) in [6.45, 7) is 2.39. The van der Waals surface area contributed by atoms with Crippen LogP contribution in [0.5, 0.6) is 0 Å². The van der Waals surface area contributed by atoms with Crippen LogP contribution in [-0.4, -0.2) is 47.2 Å². The number of piperazine rings is 1. The van der Waals surface area contributed by atoms with Crippen molar-refractivity contribution in [2.75, 3.05) is 31.1 Å². The molecule has 1 aliphatic rings. The SMILES string of the molecule is O=NN1CCN(c2ccnc(C(=O)O)c2)CC1. The summed E-state index contributed by atoms with van der Waals surface area (Å²) in [5, 5.41) is 13.2. The normalized spacial score (nSPS) is 15.8. The van der Waals surface area contributed by atoms with Gasteiger partial charge in [0.15, 0.2) is 0 Å². The molecule has 90 valence electrons. The Morgan fingerprint density at radius 2 is 2.06 bits per heavy atom. The molecule has 0 amide bonds. The van der Waals surface area contributed by atoms with Crippen LogP contribution in [0.4, 0.5) is 5.69 Å². The minimum atomic E-state index is -1.04. The van der Waals surface area contributed by atoms with Gasteiger partial charge >= 0.3 is 5.97 Å². The molecular weight excluding hydrogens is 224 g/mol. The van der Waals surface area contributed by atoms with E-state index < -0.39 is 5.97 Å². The lowest BCUT2D eigenvalue weighted by molar-refractivity contribution is 0.0690. The number of aromatic carboxylic acids is 1. The van der Waals surface area contributed by atoms with Crippen molar-refractivity contribution in [3.63, 3.8) is 0 Å². The van der Waals surface area contributed by atoms with Gasteiger partial charge in [0.05, 0.1) is 18.4 Å². The predicted octanol–water partition coefficient (Wildman–Crippen LogP) is 0.583. The molecule has 2 heterocycles. The van der Waals surface area contributed by atoms with Crippen molar-refractivity contribution in [2.45, 2.75) is 0 Å². The number of carboxylic acids is 1. The first-order chi connectivity index (χ1) is 8.20. The molecule has 0 spiro atoms. The number of nitroso groups, excluding NO2 is 1. The van der Waals surface area contributed by atoms with E-state index in [1.807, 2.05) is 4.90 Å². The van der Waals surface area contributed by atoms with Gasteiger partial charge in [0.2, 0.25) is 0 Å². The molecule has 0 aromatic carbocycles. The third kappa shape index (κ3) is 2.49. The highest BCUT2D eigenvalue weighted by atomic mass is 16.4. The largest absolute Gasteiger partial charge is 0.477 e. The Morgan fingerprint density at radius 3 is 2.65 bits per heavy atom. The summed E-state index contributed by atoms with van der Waals surface area (Å²) < 4.78 is 0. The van der Waals surface area contributed by atoms with Crippen LogP contribution in [0.1, 0.15) is 10.5 Å². The lowest BCUT2D eigenvalue weighted by Crippen LogP contribution is -2.44. The van der Waals surface area contributed by atoms with E-state index in [0.717, 1.165) is 5.69 Å². The number of anilines is 1. The van der Waals surface area contributed by atoms with Crippen molar-refractivity contribution < 1.29 is 9.90 Å². The minimum absolute atomic E-state index is 0.0263. The smallest absolute Gasteiger partial charge is 0.354 e. The molecule has 0 aliphatic carbocycles. The van der Waals surface area contributed by atoms with E-state index in [2.05, 4.69) is 10.3 Å². The molecule has 0 atom stereocenters. The molecule has 1 fully saturated rings. The third-order valence-corrected chi connectivity index (χ3v) is 2.70. The van der Waals surface area contributed by atoms with E-state index in [9.17, 15) is 9.70 Å². The van der Waals surface area contributed by atoms with Crippen LogP contribution in [0.2, 0.25) is 0 Å². The third-order valence-electron chi connectivity index (χ3n) is 2.70. The highest BCUT2D eigenvalue weighted by Crippen LogP contribution is 2.16. The fourth-order valence-corrected chi connectivity index (χ4v) is 1.77. The average molecular weight is 236 g/mol. The average Bonchev–Trinajstić information content (AvgIpc) is 2.39. The maximum Gasteiger partial charge on any atom is 0.354 e. The molecule has 7 heteroatoms. The molecule has 17 heavy (non-hydrogen) atoms. The monoisotopic (exact) mass is 236 g/mol. The van der Waals surface area contributed by atoms with E-state index in [0.29, 0.717) is 26.2 Å². The lowest BCUT2D eigenvalue weighted by Gasteiger charge is -2.32. The van der Waals surface area contributed by atoms with Gasteiger partial charge in [-0.25, -0.2) is 9.78 Å². The summed E-state index contributed by atoms with van der Waals surface area (Å²) in [4.78, 5) is 26.9. The molecule has 2 rings (SSSR count). The lowest BCUT2D eigenvalue weighted by atomic mass is 10.2. The van der Waals surface area contributed by atoms with Crippen LogP contribution in [-0.2, 0) is 0 Å². The summed E-state index contributed by atoms with van der Waals surface area (Å²) in [6, 6.07) is 3.29. The molecular formula is C10H12N4O3. The van der Waals surface area contributed by atoms with Crippen LogP contribution in [0, 0.1) is 4.91 Å². The Labute approximate surface area is 97.6 Å². The molecule has 0 radical (unpaired) electrons. The van der Waals surface area contributed by atoms with Crippen LogP contribution in [0.3, 0.4) is 0 Å². The molecule has 1 N–H and O–H groups in total. The summed E-state index contributed by atoms with van der Waals surface area (Å²) >= 11 is 0. The molecule has 0 unspecified atom stereocenters. The zero-order valence-electron chi connectivity index (χ0n) is 9.11. The zero-order chi connectivity index (χ0) is 12.3. The van der Waals surface area contributed by atoms with E-state index in [4.69, 9.17) is 5.11 Å². The fraction of sp³-hybridized carbons (Fsp3) is 0.400. The number of nitrogens with zero attached hydrogens (tertiary/aromatic N) is 4. The molecule has 1 aromatic heterocycles. The van der Waals surface area contributed by atoms with E-state index in [1.165, 1.54) is 17.3 Å². The van der Waals surface area contributed by atoms with E-state index in [-0.39, 0.29) is 5.69 Å². The van der Waals surface area contributed by atoms with Crippen molar-refractivity contribution in [3.8, 4) is 0 Å². The van der Waals surface area contributed by atoms with Gasteiger partial charge in [0.1, 0.15) is 5.69 Å². The number of aromatic nitrogens is 1. The quantitative estimate of drug-likeness (QED) is 0.773. The summed E-state index contributed by atoms with van der Waals surface area (Å²) in [5.74, 6) is -1.04. The molecule has 1 aromatic rings. The Balaban J connectivity index is 2.10. The second-order valence-corrected chi connectivity index (χ2v) is 3.73. The van der Waals surface area contributed by atoms with Gasteiger partial charge in [-0.15, -0.1) is 4.91 Å². The van der Waals surface area contributed by atoms with Crippen molar-refractivity contribution >= 4 is 11.7 Å². The first-order valence-corrected chi connectivity index (χ1v) is 5.23. The Morgan fingerprint density at radius 1 is 1.35 bits per heavy atom.